The Morgan fingerprint density at radius 1 is 1.00 bits per heavy atom. The first-order valence-electron chi connectivity index (χ1n) is 7.14. The molecule has 2 rings (SSSR count). The quantitative estimate of drug-likeness (QED) is 0.837. The highest BCUT2D eigenvalue weighted by Crippen LogP contribution is 2.10. The van der Waals surface area contributed by atoms with E-state index in [0.717, 1.165) is 19.6 Å². The molecule has 1 aromatic heterocycles. The van der Waals surface area contributed by atoms with Crippen LogP contribution in [0.25, 0.3) is 0 Å². The highest BCUT2D eigenvalue weighted by atomic mass is 16.3. The molecule has 0 atom stereocenters. The van der Waals surface area contributed by atoms with E-state index in [1.54, 1.807) is 12.5 Å². The number of hydrogen-bond acceptors (Lipinski definition) is 3. The van der Waals surface area contributed by atoms with E-state index < -0.39 is 0 Å². The Kier molecular flexibility index (Phi) is 5.39. The summed E-state index contributed by atoms with van der Waals surface area (Å²) in [6, 6.07) is 11.4. The molecule has 0 aliphatic heterocycles. The third-order valence-electron chi connectivity index (χ3n) is 3.22. The van der Waals surface area contributed by atoms with Gasteiger partial charge in [0.05, 0.1) is 12.5 Å². The second-order valence-corrected chi connectivity index (χ2v) is 5.66. The normalized spacial score (nSPS) is 11.4. The van der Waals surface area contributed by atoms with E-state index in [1.165, 1.54) is 16.7 Å². The molecule has 1 heterocycles. The fraction of sp³-hybridized carbons (Fsp3) is 0.412. The van der Waals surface area contributed by atoms with Gasteiger partial charge in [-0.1, -0.05) is 38.1 Å². The molecule has 20 heavy (non-hydrogen) atoms. The Labute approximate surface area is 121 Å². The molecular weight excluding hydrogens is 248 g/mol. The summed E-state index contributed by atoms with van der Waals surface area (Å²) in [5, 5.41) is 3.43. The van der Waals surface area contributed by atoms with E-state index in [9.17, 15) is 0 Å². The molecule has 1 N–H and O–H groups in total. The SMILES string of the molecule is CC(C)NCc1ccc(CN(C)Cc2ccoc2)cc1. The largest absolute Gasteiger partial charge is 0.472 e. The van der Waals surface area contributed by atoms with Crippen LogP contribution in [0.15, 0.2) is 47.3 Å². The topological polar surface area (TPSA) is 28.4 Å². The Bertz CT molecular complexity index is 488. The van der Waals surface area contributed by atoms with Gasteiger partial charge in [0, 0.05) is 31.2 Å². The van der Waals surface area contributed by atoms with Gasteiger partial charge in [-0.25, -0.2) is 0 Å². The van der Waals surface area contributed by atoms with Gasteiger partial charge in [0.15, 0.2) is 0 Å². The van der Waals surface area contributed by atoms with Gasteiger partial charge in [-0.15, -0.1) is 0 Å². The van der Waals surface area contributed by atoms with E-state index in [0.29, 0.717) is 6.04 Å². The third-order valence-corrected chi connectivity index (χ3v) is 3.22. The van der Waals surface area contributed by atoms with Crippen LogP contribution in [0.4, 0.5) is 0 Å². The minimum absolute atomic E-state index is 0.524. The van der Waals surface area contributed by atoms with Crippen molar-refractivity contribution in [2.75, 3.05) is 7.05 Å². The van der Waals surface area contributed by atoms with Crippen molar-refractivity contribution in [2.45, 2.75) is 39.5 Å². The van der Waals surface area contributed by atoms with E-state index in [4.69, 9.17) is 4.42 Å². The van der Waals surface area contributed by atoms with Crippen LogP contribution in [0, 0.1) is 0 Å². The zero-order valence-electron chi connectivity index (χ0n) is 12.6. The van der Waals surface area contributed by atoms with Crippen molar-refractivity contribution in [1.82, 2.24) is 10.2 Å². The van der Waals surface area contributed by atoms with Gasteiger partial charge in [0.2, 0.25) is 0 Å². The van der Waals surface area contributed by atoms with E-state index in [1.807, 2.05) is 6.07 Å². The molecule has 0 unspecified atom stereocenters. The molecule has 0 amide bonds. The molecule has 0 radical (unpaired) electrons. The van der Waals surface area contributed by atoms with Crippen molar-refractivity contribution >= 4 is 0 Å². The van der Waals surface area contributed by atoms with Gasteiger partial charge < -0.3 is 9.73 Å². The predicted octanol–water partition coefficient (Wildman–Crippen LogP) is 3.41. The lowest BCUT2D eigenvalue weighted by atomic mass is 10.1. The summed E-state index contributed by atoms with van der Waals surface area (Å²) in [5.41, 5.74) is 3.88. The van der Waals surface area contributed by atoms with Crippen molar-refractivity contribution in [3.05, 3.63) is 59.5 Å². The van der Waals surface area contributed by atoms with Crippen molar-refractivity contribution in [2.24, 2.45) is 0 Å². The molecule has 108 valence electrons. The van der Waals surface area contributed by atoms with Gasteiger partial charge >= 0.3 is 0 Å². The molecule has 0 bridgehead atoms. The molecule has 0 spiro atoms. The highest BCUT2D eigenvalue weighted by molar-refractivity contribution is 5.22. The van der Waals surface area contributed by atoms with Crippen LogP contribution in [0.1, 0.15) is 30.5 Å². The monoisotopic (exact) mass is 272 g/mol. The van der Waals surface area contributed by atoms with Crippen LogP contribution in [-0.4, -0.2) is 18.0 Å². The Balaban J connectivity index is 1.83. The molecule has 0 saturated heterocycles. The van der Waals surface area contributed by atoms with Gasteiger partial charge in [-0.2, -0.15) is 0 Å². The van der Waals surface area contributed by atoms with Crippen molar-refractivity contribution in [3.63, 3.8) is 0 Å². The molecule has 0 aliphatic carbocycles. The molecule has 3 heteroatoms. The van der Waals surface area contributed by atoms with Crippen molar-refractivity contribution in [1.29, 1.82) is 0 Å². The minimum Gasteiger partial charge on any atom is -0.472 e. The second-order valence-electron chi connectivity index (χ2n) is 5.66. The summed E-state index contributed by atoms with van der Waals surface area (Å²) in [4.78, 5) is 2.28. The summed E-state index contributed by atoms with van der Waals surface area (Å²) < 4.78 is 5.09. The average Bonchev–Trinajstić information content (AvgIpc) is 2.90. The van der Waals surface area contributed by atoms with Crippen molar-refractivity contribution < 1.29 is 4.42 Å². The first-order chi connectivity index (χ1) is 9.63. The van der Waals surface area contributed by atoms with Crippen molar-refractivity contribution in [3.8, 4) is 0 Å². The summed E-state index contributed by atoms with van der Waals surface area (Å²) in [6.07, 6.45) is 3.52. The lowest BCUT2D eigenvalue weighted by molar-refractivity contribution is 0.318. The minimum atomic E-state index is 0.524. The van der Waals surface area contributed by atoms with E-state index in [-0.39, 0.29) is 0 Å². The van der Waals surface area contributed by atoms with Crippen LogP contribution in [0.3, 0.4) is 0 Å². The maximum atomic E-state index is 5.09. The number of nitrogens with one attached hydrogen (secondary N) is 1. The zero-order valence-corrected chi connectivity index (χ0v) is 12.6. The number of hydrogen-bond donors (Lipinski definition) is 1. The summed E-state index contributed by atoms with van der Waals surface area (Å²) in [7, 11) is 2.13. The van der Waals surface area contributed by atoms with Gasteiger partial charge in [-0.3, -0.25) is 4.90 Å². The first-order valence-corrected chi connectivity index (χ1v) is 7.14. The average molecular weight is 272 g/mol. The Morgan fingerprint density at radius 2 is 1.65 bits per heavy atom. The van der Waals surface area contributed by atoms with Crippen LogP contribution in [0.5, 0.6) is 0 Å². The molecule has 2 aromatic rings. The predicted molar refractivity (Wildman–Crippen MR) is 82.3 cm³/mol. The fourth-order valence-electron chi connectivity index (χ4n) is 2.15. The molecule has 1 aromatic carbocycles. The summed E-state index contributed by atoms with van der Waals surface area (Å²) >= 11 is 0. The number of benzene rings is 1. The standard InChI is InChI=1S/C17H24N2O/c1-14(2)18-10-15-4-6-16(7-5-15)11-19(3)12-17-8-9-20-13-17/h4-9,13-14,18H,10-12H2,1-3H3. The van der Waals surface area contributed by atoms with Gasteiger partial charge in [0.1, 0.15) is 0 Å². The number of nitrogens with zero attached hydrogens (tertiary/aromatic N) is 1. The molecule has 0 saturated carbocycles. The highest BCUT2D eigenvalue weighted by Gasteiger charge is 2.03. The lowest BCUT2D eigenvalue weighted by Crippen LogP contribution is -2.21. The Hall–Kier alpha value is -1.58. The van der Waals surface area contributed by atoms with Crippen LogP contribution >= 0.6 is 0 Å². The van der Waals surface area contributed by atoms with Crippen LogP contribution in [0.2, 0.25) is 0 Å². The summed E-state index contributed by atoms with van der Waals surface area (Å²) in [6.45, 7) is 7.12. The van der Waals surface area contributed by atoms with Gasteiger partial charge in [0.25, 0.3) is 0 Å². The number of rotatable bonds is 7. The summed E-state index contributed by atoms with van der Waals surface area (Å²) in [5.74, 6) is 0. The maximum Gasteiger partial charge on any atom is 0.0947 e. The van der Waals surface area contributed by atoms with Crippen LogP contribution in [-0.2, 0) is 19.6 Å². The maximum absolute atomic E-state index is 5.09. The van der Waals surface area contributed by atoms with Crippen LogP contribution < -0.4 is 5.32 Å². The molecule has 0 aliphatic rings. The second kappa shape index (κ2) is 7.27. The van der Waals surface area contributed by atoms with E-state index >= 15 is 0 Å². The number of furan rings is 1. The smallest absolute Gasteiger partial charge is 0.0947 e. The van der Waals surface area contributed by atoms with E-state index in [2.05, 4.69) is 55.4 Å². The zero-order chi connectivity index (χ0) is 14.4. The first kappa shape index (κ1) is 14.8. The fourth-order valence-corrected chi connectivity index (χ4v) is 2.15. The lowest BCUT2D eigenvalue weighted by Gasteiger charge is -2.16. The molecular formula is C17H24N2O. The third kappa shape index (κ3) is 4.83. The molecule has 3 nitrogen and oxygen atoms in total. The Morgan fingerprint density at radius 3 is 2.25 bits per heavy atom. The molecule has 0 fully saturated rings. The van der Waals surface area contributed by atoms with Gasteiger partial charge in [-0.05, 0) is 24.2 Å².